The van der Waals surface area contributed by atoms with Crippen LogP contribution in [0.5, 0.6) is 0 Å². The van der Waals surface area contributed by atoms with Crippen LogP contribution in [0.25, 0.3) is 20.7 Å². The molecule has 32 heavy (non-hydrogen) atoms. The summed E-state index contributed by atoms with van der Waals surface area (Å²) in [6, 6.07) is 12.3. The number of benzene rings is 1. The van der Waals surface area contributed by atoms with Crippen molar-refractivity contribution < 1.29 is 14.3 Å². The average Bonchev–Trinajstić information content (AvgIpc) is 3.25. The van der Waals surface area contributed by atoms with Crippen LogP contribution in [-0.4, -0.2) is 60.0 Å². The van der Waals surface area contributed by atoms with Gasteiger partial charge in [0.1, 0.15) is 17.0 Å². The molecule has 8 heteroatoms. The summed E-state index contributed by atoms with van der Waals surface area (Å²) in [6.07, 6.45) is 2.98. The number of ether oxygens (including phenoxy) is 1. The molecule has 0 aliphatic carbocycles. The number of aromatic nitrogens is 2. The average molecular weight is 455 g/mol. The molecule has 0 N–H and O–H groups in total. The number of nitrogens with zero attached hydrogens (tertiary/aromatic N) is 4. The van der Waals surface area contributed by atoms with E-state index in [-0.39, 0.29) is 18.3 Å². The summed E-state index contributed by atoms with van der Waals surface area (Å²) >= 11 is 1.63. The van der Waals surface area contributed by atoms with Gasteiger partial charge in [0.05, 0.1) is 18.4 Å². The van der Waals surface area contributed by atoms with Crippen molar-refractivity contribution in [3.8, 4) is 10.4 Å². The largest absolute Gasteiger partial charge is 0.466 e. The van der Waals surface area contributed by atoms with Crippen LogP contribution in [-0.2, 0) is 14.3 Å². The second-order valence-corrected chi connectivity index (χ2v) is 8.53. The van der Waals surface area contributed by atoms with Crippen LogP contribution < -0.4 is 4.90 Å². The lowest BCUT2D eigenvalue weighted by molar-refractivity contribution is -0.144. The quantitative estimate of drug-likeness (QED) is 0.400. The van der Waals surface area contributed by atoms with Gasteiger partial charge < -0.3 is 14.5 Å². The van der Waals surface area contributed by atoms with Gasteiger partial charge in [0.25, 0.3) is 0 Å². The topological polar surface area (TPSA) is 75.6 Å². The second kappa shape index (κ2) is 11.6. The number of thiophene rings is 1. The molecule has 7 nitrogen and oxygen atoms in total. The van der Waals surface area contributed by atoms with Crippen LogP contribution in [0.2, 0.25) is 0 Å². The second-order valence-electron chi connectivity index (χ2n) is 7.50. The first-order chi connectivity index (χ1) is 15.5. The molecule has 0 bridgehead atoms. The summed E-state index contributed by atoms with van der Waals surface area (Å²) in [4.78, 5) is 39.2. The van der Waals surface area contributed by atoms with E-state index < -0.39 is 0 Å². The Morgan fingerprint density at radius 3 is 2.53 bits per heavy atom. The zero-order valence-corrected chi connectivity index (χ0v) is 19.7. The monoisotopic (exact) mass is 454 g/mol. The summed E-state index contributed by atoms with van der Waals surface area (Å²) in [5, 5.41) is 0.985. The third-order valence-electron chi connectivity index (χ3n) is 5.13. The Hall–Kier alpha value is -3.00. The van der Waals surface area contributed by atoms with Crippen molar-refractivity contribution in [3.05, 3.63) is 42.7 Å². The minimum atomic E-state index is -0.270. The number of fused-ring (bicyclic) bond motifs is 1. The van der Waals surface area contributed by atoms with Crippen LogP contribution in [0.1, 0.15) is 33.1 Å². The smallest absolute Gasteiger partial charge is 0.307 e. The molecule has 1 amide bonds. The molecule has 0 aliphatic heterocycles. The Morgan fingerprint density at radius 2 is 1.81 bits per heavy atom. The number of carbonyl (C=O) groups excluding carboxylic acids is 2. The molecule has 0 saturated heterocycles. The first-order valence-corrected chi connectivity index (χ1v) is 11.8. The van der Waals surface area contributed by atoms with Gasteiger partial charge >= 0.3 is 5.97 Å². The highest BCUT2D eigenvalue weighted by atomic mass is 32.1. The van der Waals surface area contributed by atoms with Crippen molar-refractivity contribution in [1.82, 2.24) is 14.9 Å². The molecule has 170 valence electrons. The van der Waals surface area contributed by atoms with Crippen molar-refractivity contribution in [3.63, 3.8) is 0 Å². The van der Waals surface area contributed by atoms with E-state index >= 15 is 0 Å². The molecule has 0 spiro atoms. The van der Waals surface area contributed by atoms with Crippen molar-refractivity contribution in [2.75, 3.05) is 38.2 Å². The van der Waals surface area contributed by atoms with Crippen molar-refractivity contribution >= 4 is 39.2 Å². The highest BCUT2D eigenvalue weighted by Crippen LogP contribution is 2.35. The molecule has 3 aromatic rings. The van der Waals surface area contributed by atoms with E-state index in [0.717, 1.165) is 32.9 Å². The predicted molar refractivity (Wildman–Crippen MR) is 129 cm³/mol. The zero-order chi connectivity index (χ0) is 22.9. The molecular formula is C24H30N4O3S. The number of anilines is 1. The molecule has 2 heterocycles. The molecule has 0 fully saturated rings. The Bertz CT molecular complexity index is 1040. The minimum absolute atomic E-state index is 0.0311. The molecule has 0 aliphatic rings. The predicted octanol–water partition coefficient (Wildman–Crippen LogP) is 4.38. The van der Waals surface area contributed by atoms with Gasteiger partial charge in [-0.25, -0.2) is 9.97 Å². The molecule has 2 aromatic heterocycles. The number of amides is 1. The van der Waals surface area contributed by atoms with Crippen LogP contribution in [0.4, 0.5) is 5.82 Å². The van der Waals surface area contributed by atoms with Crippen LogP contribution in [0.15, 0.2) is 42.7 Å². The van der Waals surface area contributed by atoms with E-state index in [1.54, 1.807) is 29.5 Å². The molecule has 0 saturated carbocycles. The van der Waals surface area contributed by atoms with Crippen molar-refractivity contribution in [1.29, 1.82) is 0 Å². The number of carbonyl (C=O) groups is 2. The van der Waals surface area contributed by atoms with E-state index in [1.165, 1.54) is 0 Å². The van der Waals surface area contributed by atoms with Gasteiger partial charge in [-0.05, 0) is 25.0 Å². The van der Waals surface area contributed by atoms with Gasteiger partial charge in [0.15, 0.2) is 0 Å². The molecule has 0 radical (unpaired) electrons. The zero-order valence-electron chi connectivity index (χ0n) is 18.9. The maximum absolute atomic E-state index is 12.8. The molecule has 1 aromatic carbocycles. The van der Waals surface area contributed by atoms with Gasteiger partial charge in [0.2, 0.25) is 5.91 Å². The van der Waals surface area contributed by atoms with Crippen LogP contribution >= 0.6 is 11.3 Å². The first-order valence-electron chi connectivity index (χ1n) is 11.0. The van der Waals surface area contributed by atoms with E-state index in [9.17, 15) is 9.59 Å². The Morgan fingerprint density at radius 1 is 1.03 bits per heavy atom. The standard InChI is InChI=1S/C24H30N4O3S/c1-4-13-28(15-12-22(30)31-5-2)21(29)11-14-27(3)23-19-16-20(18-9-7-6-8-10-18)32-24(19)26-17-25-23/h6-10,16-17H,4-5,11-15H2,1-3H3. The highest BCUT2D eigenvalue weighted by molar-refractivity contribution is 7.21. The Kier molecular flexibility index (Phi) is 8.56. The summed E-state index contributed by atoms with van der Waals surface area (Å²) in [5.41, 5.74) is 1.15. The lowest BCUT2D eigenvalue weighted by atomic mass is 10.2. The van der Waals surface area contributed by atoms with Crippen molar-refractivity contribution in [2.45, 2.75) is 33.1 Å². The van der Waals surface area contributed by atoms with Crippen LogP contribution in [0, 0.1) is 0 Å². The third-order valence-corrected chi connectivity index (χ3v) is 6.22. The van der Waals surface area contributed by atoms with Gasteiger partial charge in [-0.1, -0.05) is 37.3 Å². The van der Waals surface area contributed by atoms with Gasteiger partial charge in [-0.2, -0.15) is 0 Å². The summed E-state index contributed by atoms with van der Waals surface area (Å²) < 4.78 is 4.98. The summed E-state index contributed by atoms with van der Waals surface area (Å²) in [7, 11) is 1.94. The van der Waals surface area contributed by atoms with Gasteiger partial charge in [0, 0.05) is 38.0 Å². The van der Waals surface area contributed by atoms with Gasteiger partial charge in [-0.3, -0.25) is 9.59 Å². The molecule has 0 atom stereocenters. The number of hydrogen-bond donors (Lipinski definition) is 0. The fraction of sp³-hybridized carbons (Fsp3) is 0.417. The van der Waals surface area contributed by atoms with E-state index in [0.29, 0.717) is 32.7 Å². The maximum atomic E-state index is 12.8. The van der Waals surface area contributed by atoms with E-state index in [2.05, 4.69) is 28.2 Å². The summed E-state index contributed by atoms with van der Waals surface area (Å²) in [6.45, 7) is 5.70. The summed E-state index contributed by atoms with van der Waals surface area (Å²) in [5.74, 6) is 0.576. The Balaban J connectivity index is 1.67. The normalized spacial score (nSPS) is 10.8. The third kappa shape index (κ3) is 6.03. The van der Waals surface area contributed by atoms with Crippen molar-refractivity contribution in [2.24, 2.45) is 0 Å². The lowest BCUT2D eigenvalue weighted by Gasteiger charge is -2.24. The van der Waals surface area contributed by atoms with E-state index in [1.807, 2.05) is 37.1 Å². The van der Waals surface area contributed by atoms with E-state index in [4.69, 9.17) is 4.74 Å². The molecule has 0 unspecified atom stereocenters. The molecular weight excluding hydrogens is 424 g/mol. The molecule has 3 rings (SSSR count). The minimum Gasteiger partial charge on any atom is -0.466 e. The number of rotatable bonds is 11. The fourth-order valence-corrected chi connectivity index (χ4v) is 4.51. The fourth-order valence-electron chi connectivity index (χ4n) is 3.51. The highest BCUT2D eigenvalue weighted by Gasteiger charge is 2.18. The SMILES string of the molecule is CCCN(CCC(=O)OCC)C(=O)CCN(C)c1ncnc2sc(-c3ccccc3)cc12. The number of hydrogen-bond acceptors (Lipinski definition) is 7. The van der Waals surface area contributed by atoms with Crippen LogP contribution in [0.3, 0.4) is 0 Å². The lowest BCUT2D eigenvalue weighted by Crippen LogP contribution is -2.36. The first kappa shape index (κ1) is 23.7. The van der Waals surface area contributed by atoms with Gasteiger partial charge in [-0.15, -0.1) is 11.3 Å². The maximum Gasteiger partial charge on any atom is 0.307 e. The Labute approximate surface area is 193 Å². The number of esters is 1.